The van der Waals surface area contributed by atoms with E-state index in [1.54, 1.807) is 0 Å². The van der Waals surface area contributed by atoms with Gasteiger partial charge in [-0.25, -0.2) is 9.78 Å². The summed E-state index contributed by atoms with van der Waals surface area (Å²) in [5.74, 6) is -2.22. The molecule has 0 saturated carbocycles. The van der Waals surface area contributed by atoms with Crippen LogP contribution in [0.3, 0.4) is 0 Å². The topological polar surface area (TPSA) is 50.2 Å². The van der Waals surface area contributed by atoms with E-state index >= 15 is 0 Å². The highest BCUT2D eigenvalue weighted by Crippen LogP contribution is 2.40. The van der Waals surface area contributed by atoms with Gasteiger partial charge in [0.2, 0.25) is 5.95 Å². The molecule has 0 bridgehead atoms. The minimum atomic E-state index is -1.32. The first-order chi connectivity index (χ1) is 8.91. The molecule has 19 heavy (non-hydrogen) atoms. The number of benzene rings is 1. The van der Waals surface area contributed by atoms with Crippen LogP contribution < -0.4 is 0 Å². The fraction of sp³-hybridized carbons (Fsp3) is 0. The van der Waals surface area contributed by atoms with Crippen LogP contribution in [-0.2, 0) is 0 Å². The molecule has 1 N–H and O–H groups in total. The highest BCUT2D eigenvalue weighted by atomic mass is 35.5. The summed E-state index contributed by atoms with van der Waals surface area (Å²) in [6, 6.07) is 3.75. The van der Waals surface area contributed by atoms with E-state index in [2.05, 4.69) is 4.98 Å². The Morgan fingerprint density at radius 1 is 1.21 bits per heavy atom. The van der Waals surface area contributed by atoms with Crippen molar-refractivity contribution in [1.82, 2.24) is 4.98 Å². The Hall–Kier alpha value is -1.36. The van der Waals surface area contributed by atoms with Gasteiger partial charge >= 0.3 is 5.97 Å². The smallest absolute Gasteiger partial charge is 0.336 e. The Bertz CT molecular complexity index is 676. The number of rotatable bonds is 2. The lowest BCUT2D eigenvalue weighted by atomic mass is 10.0. The van der Waals surface area contributed by atoms with Crippen molar-refractivity contribution in [3.05, 3.63) is 51.0 Å². The van der Waals surface area contributed by atoms with Crippen molar-refractivity contribution in [2.45, 2.75) is 0 Å². The van der Waals surface area contributed by atoms with Gasteiger partial charge in [0.1, 0.15) is 0 Å². The monoisotopic (exact) mass is 319 g/mol. The molecule has 2 rings (SSSR count). The third kappa shape index (κ3) is 2.66. The van der Waals surface area contributed by atoms with Gasteiger partial charge in [0.15, 0.2) is 0 Å². The van der Waals surface area contributed by atoms with E-state index in [4.69, 9.17) is 39.9 Å². The maximum absolute atomic E-state index is 13.0. The molecule has 0 radical (unpaired) electrons. The molecule has 7 heteroatoms. The molecule has 2 aromatic rings. The van der Waals surface area contributed by atoms with Crippen LogP contribution in [0.2, 0.25) is 15.1 Å². The van der Waals surface area contributed by atoms with Crippen molar-refractivity contribution in [1.29, 1.82) is 0 Å². The highest BCUT2D eigenvalue weighted by Gasteiger charge is 2.19. The maximum atomic E-state index is 13.0. The lowest BCUT2D eigenvalue weighted by Crippen LogP contribution is -2.02. The molecular formula is C12H5Cl3FNO2. The first kappa shape index (κ1) is 14.1. The molecule has 1 heterocycles. The lowest BCUT2D eigenvalue weighted by molar-refractivity contribution is 0.0697. The quantitative estimate of drug-likeness (QED) is 0.652. The van der Waals surface area contributed by atoms with E-state index < -0.39 is 11.9 Å². The summed E-state index contributed by atoms with van der Waals surface area (Å²) in [6.45, 7) is 0. The first-order valence-electron chi connectivity index (χ1n) is 4.94. The van der Waals surface area contributed by atoms with Gasteiger partial charge < -0.3 is 5.11 Å². The zero-order valence-electron chi connectivity index (χ0n) is 9.12. The predicted molar refractivity (Wildman–Crippen MR) is 71.6 cm³/mol. The maximum Gasteiger partial charge on any atom is 0.336 e. The summed E-state index contributed by atoms with van der Waals surface area (Å²) in [4.78, 5) is 14.6. The SMILES string of the molecule is O=C(O)c1cc(F)ncc1-c1c(Cl)ccc(Cl)c1Cl. The highest BCUT2D eigenvalue weighted by molar-refractivity contribution is 6.46. The summed E-state index contributed by atoms with van der Waals surface area (Å²) >= 11 is 17.9. The van der Waals surface area contributed by atoms with Crippen LogP contribution in [-0.4, -0.2) is 16.1 Å². The number of hydrogen-bond acceptors (Lipinski definition) is 2. The molecule has 1 aromatic heterocycles. The third-order valence-electron chi connectivity index (χ3n) is 2.41. The van der Waals surface area contributed by atoms with Crippen LogP contribution in [0.4, 0.5) is 4.39 Å². The van der Waals surface area contributed by atoms with Gasteiger partial charge in [-0.05, 0) is 12.1 Å². The van der Waals surface area contributed by atoms with E-state index in [-0.39, 0.29) is 31.8 Å². The minimum Gasteiger partial charge on any atom is -0.478 e. The van der Waals surface area contributed by atoms with E-state index in [1.165, 1.54) is 12.1 Å². The number of halogens is 4. The number of carboxylic acids is 1. The van der Waals surface area contributed by atoms with Gasteiger partial charge in [-0.3, -0.25) is 0 Å². The fourth-order valence-corrected chi connectivity index (χ4v) is 2.31. The van der Waals surface area contributed by atoms with Gasteiger partial charge in [0.25, 0.3) is 0 Å². The number of carbonyl (C=O) groups is 1. The van der Waals surface area contributed by atoms with Gasteiger partial charge in [0.05, 0.1) is 20.6 Å². The number of aromatic nitrogens is 1. The molecule has 0 aliphatic rings. The summed E-state index contributed by atoms with van der Waals surface area (Å²) in [5.41, 5.74) is 0.0192. The molecule has 0 aliphatic carbocycles. The van der Waals surface area contributed by atoms with Crippen LogP contribution in [0.15, 0.2) is 24.4 Å². The summed E-state index contributed by atoms with van der Waals surface area (Å²) in [6.07, 6.45) is 1.06. The van der Waals surface area contributed by atoms with Crippen LogP contribution >= 0.6 is 34.8 Å². The van der Waals surface area contributed by atoms with Crippen molar-refractivity contribution in [2.75, 3.05) is 0 Å². The molecule has 0 aliphatic heterocycles. The number of carboxylic acid groups (broad SMARTS) is 1. The zero-order chi connectivity index (χ0) is 14.2. The fourth-order valence-electron chi connectivity index (χ4n) is 1.58. The van der Waals surface area contributed by atoms with E-state index in [0.29, 0.717) is 0 Å². The van der Waals surface area contributed by atoms with Crippen molar-refractivity contribution in [3.63, 3.8) is 0 Å². The van der Waals surface area contributed by atoms with E-state index in [1.807, 2.05) is 0 Å². The number of pyridine rings is 1. The Morgan fingerprint density at radius 3 is 2.47 bits per heavy atom. The van der Waals surface area contributed by atoms with Crippen LogP contribution in [0.1, 0.15) is 10.4 Å². The van der Waals surface area contributed by atoms with Crippen molar-refractivity contribution in [2.24, 2.45) is 0 Å². The molecule has 0 fully saturated rings. The van der Waals surface area contributed by atoms with E-state index in [0.717, 1.165) is 12.3 Å². The Morgan fingerprint density at radius 2 is 1.84 bits per heavy atom. The molecule has 1 aromatic carbocycles. The molecule has 0 saturated heterocycles. The third-order valence-corrected chi connectivity index (χ3v) is 3.53. The second-order valence-corrected chi connectivity index (χ2v) is 4.77. The molecule has 0 amide bonds. The molecular weight excluding hydrogens is 315 g/mol. The van der Waals surface area contributed by atoms with Crippen molar-refractivity contribution >= 4 is 40.8 Å². The lowest BCUT2D eigenvalue weighted by Gasteiger charge is -2.11. The Balaban J connectivity index is 2.79. The Labute approximate surface area is 122 Å². The molecule has 0 spiro atoms. The van der Waals surface area contributed by atoms with Crippen LogP contribution in [0, 0.1) is 5.95 Å². The number of aromatic carboxylic acids is 1. The summed E-state index contributed by atoms with van der Waals surface area (Å²) < 4.78 is 13.0. The average molecular weight is 321 g/mol. The van der Waals surface area contributed by atoms with Crippen molar-refractivity contribution < 1.29 is 14.3 Å². The summed E-state index contributed by atoms with van der Waals surface area (Å²) in [7, 11) is 0. The van der Waals surface area contributed by atoms with Gasteiger partial charge in [-0.2, -0.15) is 4.39 Å². The minimum absolute atomic E-state index is 0.0880. The largest absolute Gasteiger partial charge is 0.478 e. The number of hydrogen-bond donors (Lipinski definition) is 1. The first-order valence-corrected chi connectivity index (χ1v) is 6.08. The molecule has 0 unspecified atom stereocenters. The average Bonchev–Trinajstić information content (AvgIpc) is 2.36. The second kappa shape index (κ2) is 5.33. The van der Waals surface area contributed by atoms with Crippen LogP contribution in [0.25, 0.3) is 11.1 Å². The molecule has 3 nitrogen and oxygen atoms in total. The number of nitrogens with zero attached hydrogens (tertiary/aromatic N) is 1. The van der Waals surface area contributed by atoms with Gasteiger partial charge in [-0.15, -0.1) is 0 Å². The molecule has 0 atom stereocenters. The van der Waals surface area contributed by atoms with Gasteiger partial charge in [0, 0.05) is 23.4 Å². The zero-order valence-corrected chi connectivity index (χ0v) is 11.4. The van der Waals surface area contributed by atoms with Crippen molar-refractivity contribution in [3.8, 4) is 11.1 Å². The Kier molecular flexibility index (Phi) is 3.94. The predicted octanol–water partition coefficient (Wildman–Crippen LogP) is 4.55. The van der Waals surface area contributed by atoms with Crippen LogP contribution in [0.5, 0.6) is 0 Å². The van der Waals surface area contributed by atoms with Gasteiger partial charge in [-0.1, -0.05) is 34.8 Å². The second-order valence-electron chi connectivity index (χ2n) is 3.58. The standard InChI is InChI=1S/C12H5Cl3FNO2/c13-7-1-2-8(14)11(15)10(7)6-4-17-9(16)3-5(6)12(18)19/h1-4H,(H,18,19). The normalized spacial score (nSPS) is 10.5. The summed E-state index contributed by atoms with van der Waals surface area (Å²) in [5, 5.41) is 9.59. The molecule has 98 valence electrons. The van der Waals surface area contributed by atoms with E-state index in [9.17, 15) is 9.18 Å².